The molecule has 0 aliphatic heterocycles. The van der Waals surface area contributed by atoms with Crippen LogP contribution in [-0.2, 0) is 0 Å². The molecule has 0 heterocycles. The largest absolute Gasteiger partial charge is 0.492 e. The molecule has 88 valence electrons. The normalized spacial score (nSPS) is 24.6. The maximum atomic E-state index is 13.2. The minimum atomic E-state index is -0.670. The summed E-state index contributed by atoms with van der Waals surface area (Å²) in [5, 5.41) is 3.20. The zero-order valence-corrected chi connectivity index (χ0v) is 9.36. The van der Waals surface area contributed by atoms with E-state index in [0.717, 1.165) is 18.6 Å². The zero-order chi connectivity index (χ0) is 11.2. The molecule has 2 nitrogen and oxygen atoms in total. The highest BCUT2D eigenvalue weighted by molar-refractivity contribution is 5.20. The molecule has 16 heavy (non-hydrogen) atoms. The summed E-state index contributed by atoms with van der Waals surface area (Å²) in [4.78, 5) is 0. The van der Waals surface area contributed by atoms with Gasteiger partial charge >= 0.3 is 0 Å². The Labute approximate surface area is 95.8 Å². The van der Waals surface area contributed by atoms with Crippen LogP contribution in [0.4, 0.5) is 4.39 Å². The van der Waals surface area contributed by atoms with Gasteiger partial charge < -0.3 is 10.1 Å². The van der Waals surface area contributed by atoms with Crippen molar-refractivity contribution < 1.29 is 9.13 Å². The van der Waals surface area contributed by atoms with Crippen LogP contribution in [0.5, 0.6) is 5.75 Å². The number of benzene rings is 1. The van der Waals surface area contributed by atoms with Crippen molar-refractivity contribution in [1.82, 2.24) is 5.32 Å². The fourth-order valence-corrected chi connectivity index (χ4v) is 2.07. The van der Waals surface area contributed by atoms with Gasteiger partial charge in [0.1, 0.15) is 18.5 Å². The Balaban J connectivity index is 1.62. The number of hydrogen-bond acceptors (Lipinski definition) is 2. The maximum absolute atomic E-state index is 13.2. The van der Waals surface area contributed by atoms with Crippen molar-refractivity contribution in [3.8, 4) is 5.75 Å². The molecular formula is C13H18FNO. The first-order valence-corrected chi connectivity index (χ1v) is 5.91. The van der Waals surface area contributed by atoms with E-state index in [-0.39, 0.29) is 6.04 Å². The monoisotopic (exact) mass is 223 g/mol. The Kier molecular flexibility index (Phi) is 4.17. The average Bonchev–Trinajstić information content (AvgIpc) is 2.72. The van der Waals surface area contributed by atoms with E-state index in [1.54, 1.807) is 0 Å². The lowest BCUT2D eigenvalue weighted by atomic mass is 10.2. The topological polar surface area (TPSA) is 21.3 Å². The second kappa shape index (κ2) is 5.85. The van der Waals surface area contributed by atoms with E-state index in [9.17, 15) is 4.39 Å². The predicted molar refractivity (Wildman–Crippen MR) is 62.5 cm³/mol. The number of rotatable bonds is 5. The SMILES string of the molecule is F[C@@H]1CCC[C@H]1NCCOc1ccccc1. The average molecular weight is 223 g/mol. The third-order valence-corrected chi connectivity index (χ3v) is 2.95. The Hall–Kier alpha value is -1.09. The number of nitrogens with one attached hydrogen (secondary N) is 1. The van der Waals surface area contributed by atoms with Crippen molar-refractivity contribution in [3.63, 3.8) is 0 Å². The van der Waals surface area contributed by atoms with Gasteiger partial charge in [-0.3, -0.25) is 0 Å². The van der Waals surface area contributed by atoms with Gasteiger partial charge in [-0.05, 0) is 31.4 Å². The summed E-state index contributed by atoms with van der Waals surface area (Å²) in [6.45, 7) is 1.30. The summed E-state index contributed by atoms with van der Waals surface area (Å²) in [7, 11) is 0. The van der Waals surface area contributed by atoms with Crippen molar-refractivity contribution in [2.75, 3.05) is 13.2 Å². The van der Waals surface area contributed by atoms with Gasteiger partial charge in [-0.25, -0.2) is 4.39 Å². The molecule has 1 aromatic carbocycles. The van der Waals surface area contributed by atoms with Crippen LogP contribution in [0.1, 0.15) is 19.3 Å². The van der Waals surface area contributed by atoms with E-state index in [4.69, 9.17) is 4.74 Å². The fourth-order valence-electron chi connectivity index (χ4n) is 2.07. The summed E-state index contributed by atoms with van der Waals surface area (Å²) in [6.07, 6.45) is 1.99. The molecule has 0 aromatic heterocycles. The third-order valence-electron chi connectivity index (χ3n) is 2.95. The van der Waals surface area contributed by atoms with E-state index < -0.39 is 6.17 Å². The second-order valence-corrected chi connectivity index (χ2v) is 4.17. The van der Waals surface area contributed by atoms with Gasteiger partial charge in [-0.2, -0.15) is 0 Å². The predicted octanol–water partition coefficient (Wildman–Crippen LogP) is 2.55. The second-order valence-electron chi connectivity index (χ2n) is 4.17. The van der Waals surface area contributed by atoms with Gasteiger partial charge in [-0.1, -0.05) is 18.2 Å². The lowest BCUT2D eigenvalue weighted by molar-refractivity contribution is 0.256. The Morgan fingerprint density at radius 1 is 1.25 bits per heavy atom. The van der Waals surface area contributed by atoms with Gasteiger partial charge in [0.05, 0.1) is 0 Å². The van der Waals surface area contributed by atoms with Crippen molar-refractivity contribution in [2.45, 2.75) is 31.5 Å². The molecule has 3 heteroatoms. The summed E-state index contributed by atoms with van der Waals surface area (Å²) < 4.78 is 18.8. The van der Waals surface area contributed by atoms with E-state index in [2.05, 4.69) is 5.32 Å². The molecule has 2 rings (SSSR count). The van der Waals surface area contributed by atoms with Gasteiger partial charge in [-0.15, -0.1) is 0 Å². The molecule has 1 fully saturated rings. The van der Waals surface area contributed by atoms with Crippen molar-refractivity contribution in [3.05, 3.63) is 30.3 Å². The van der Waals surface area contributed by atoms with E-state index in [1.807, 2.05) is 30.3 Å². The summed E-state index contributed by atoms with van der Waals surface area (Å²) in [6, 6.07) is 9.73. The van der Waals surface area contributed by atoms with E-state index in [1.165, 1.54) is 0 Å². The highest BCUT2D eigenvalue weighted by Crippen LogP contribution is 2.21. The standard InChI is InChI=1S/C13H18FNO/c14-12-7-4-8-13(12)15-9-10-16-11-5-2-1-3-6-11/h1-3,5-6,12-13,15H,4,7-10H2/t12-,13-/m1/s1. The van der Waals surface area contributed by atoms with Crippen molar-refractivity contribution in [2.24, 2.45) is 0 Å². The van der Waals surface area contributed by atoms with Crippen LogP contribution in [0.25, 0.3) is 0 Å². The molecule has 2 atom stereocenters. The minimum Gasteiger partial charge on any atom is -0.492 e. The van der Waals surface area contributed by atoms with E-state index in [0.29, 0.717) is 19.6 Å². The molecule has 0 amide bonds. The van der Waals surface area contributed by atoms with Gasteiger partial charge in [0.25, 0.3) is 0 Å². The zero-order valence-electron chi connectivity index (χ0n) is 9.36. The maximum Gasteiger partial charge on any atom is 0.119 e. The number of halogens is 1. The van der Waals surface area contributed by atoms with Crippen LogP contribution < -0.4 is 10.1 Å². The Bertz CT molecular complexity index is 304. The quantitative estimate of drug-likeness (QED) is 0.774. The van der Waals surface area contributed by atoms with Crippen LogP contribution in [0.3, 0.4) is 0 Å². The molecule has 1 aliphatic carbocycles. The first kappa shape index (κ1) is 11.4. The lowest BCUT2D eigenvalue weighted by Crippen LogP contribution is -2.36. The summed E-state index contributed by atoms with van der Waals surface area (Å²) >= 11 is 0. The number of hydrogen-bond donors (Lipinski definition) is 1. The Morgan fingerprint density at radius 3 is 2.75 bits per heavy atom. The fraction of sp³-hybridized carbons (Fsp3) is 0.538. The van der Waals surface area contributed by atoms with Crippen molar-refractivity contribution >= 4 is 0 Å². The molecule has 0 spiro atoms. The number of para-hydroxylation sites is 1. The van der Waals surface area contributed by atoms with Gasteiger partial charge in [0, 0.05) is 12.6 Å². The van der Waals surface area contributed by atoms with Crippen molar-refractivity contribution in [1.29, 1.82) is 0 Å². The van der Waals surface area contributed by atoms with Crippen LogP contribution in [0, 0.1) is 0 Å². The molecule has 1 saturated carbocycles. The molecule has 1 N–H and O–H groups in total. The first-order valence-electron chi connectivity index (χ1n) is 5.91. The molecular weight excluding hydrogens is 205 g/mol. The van der Waals surface area contributed by atoms with Gasteiger partial charge in [0.2, 0.25) is 0 Å². The third kappa shape index (κ3) is 3.20. The molecule has 0 saturated heterocycles. The smallest absolute Gasteiger partial charge is 0.119 e. The summed E-state index contributed by atoms with van der Waals surface area (Å²) in [5.41, 5.74) is 0. The Morgan fingerprint density at radius 2 is 2.06 bits per heavy atom. The van der Waals surface area contributed by atoms with E-state index >= 15 is 0 Å². The van der Waals surface area contributed by atoms with Crippen LogP contribution in [0.2, 0.25) is 0 Å². The molecule has 1 aliphatic rings. The van der Waals surface area contributed by atoms with Crippen LogP contribution >= 0.6 is 0 Å². The molecule has 0 bridgehead atoms. The highest BCUT2D eigenvalue weighted by Gasteiger charge is 2.25. The summed E-state index contributed by atoms with van der Waals surface area (Å²) in [5.74, 6) is 0.868. The molecule has 0 radical (unpaired) electrons. The molecule has 1 aromatic rings. The molecule has 0 unspecified atom stereocenters. The highest BCUT2D eigenvalue weighted by atomic mass is 19.1. The van der Waals surface area contributed by atoms with Crippen LogP contribution in [-0.4, -0.2) is 25.4 Å². The number of alkyl halides is 1. The number of ether oxygens (including phenoxy) is 1. The lowest BCUT2D eigenvalue weighted by Gasteiger charge is -2.14. The van der Waals surface area contributed by atoms with Crippen LogP contribution in [0.15, 0.2) is 30.3 Å². The minimum absolute atomic E-state index is 0.0411. The first-order chi connectivity index (χ1) is 7.86. The van der Waals surface area contributed by atoms with Gasteiger partial charge in [0.15, 0.2) is 0 Å².